The Morgan fingerprint density at radius 2 is 2.10 bits per heavy atom. The van der Waals surface area contributed by atoms with Crippen molar-refractivity contribution in [1.82, 2.24) is 15.0 Å². The molecule has 1 atom stereocenters. The lowest BCUT2D eigenvalue weighted by molar-refractivity contribution is 0.0691. The molecule has 0 unspecified atom stereocenters. The van der Waals surface area contributed by atoms with E-state index in [1.165, 1.54) is 6.26 Å². The van der Waals surface area contributed by atoms with Gasteiger partial charge in [-0.2, -0.15) is 0 Å². The first kappa shape index (κ1) is 20.3. The number of carboxylic acids is 1. The van der Waals surface area contributed by atoms with Crippen LogP contribution in [0.15, 0.2) is 30.3 Å². The number of nitrogens with zero attached hydrogens (tertiary/aromatic N) is 3. The van der Waals surface area contributed by atoms with E-state index in [0.717, 1.165) is 0 Å². The Morgan fingerprint density at radius 1 is 1.30 bits per heavy atom. The number of nitrogens with one attached hydrogen (secondary N) is 1. The van der Waals surface area contributed by atoms with Gasteiger partial charge in [0.25, 0.3) is 0 Å². The molecule has 2 N–H and O–H groups in total. The number of aromatic amines is 1. The lowest BCUT2D eigenvalue weighted by Crippen LogP contribution is -2.44. The zero-order valence-corrected chi connectivity index (χ0v) is 17.4. The summed E-state index contributed by atoms with van der Waals surface area (Å²) < 4.78 is 29.3. The number of ether oxygens (including phenoxy) is 1. The second-order valence-electron chi connectivity index (χ2n) is 7.52. The number of carbonyl (C=O) groups is 1. The van der Waals surface area contributed by atoms with Gasteiger partial charge in [-0.25, -0.2) is 23.2 Å². The molecule has 30 heavy (non-hydrogen) atoms. The van der Waals surface area contributed by atoms with Gasteiger partial charge >= 0.3 is 5.97 Å². The molecule has 4 rings (SSSR count). The van der Waals surface area contributed by atoms with Gasteiger partial charge in [-0.3, -0.25) is 0 Å². The summed E-state index contributed by atoms with van der Waals surface area (Å²) in [5.74, 6) is -0.188. The third kappa shape index (κ3) is 4.29. The van der Waals surface area contributed by atoms with Crippen molar-refractivity contribution in [2.75, 3.05) is 30.9 Å². The molecule has 3 aromatic rings. The summed E-state index contributed by atoms with van der Waals surface area (Å²) in [7, 11) is -3.28. The van der Waals surface area contributed by atoms with E-state index in [4.69, 9.17) is 9.72 Å². The van der Waals surface area contributed by atoms with Crippen LogP contribution in [0.1, 0.15) is 23.1 Å². The van der Waals surface area contributed by atoms with Gasteiger partial charge in [0.2, 0.25) is 0 Å². The Bertz CT molecular complexity index is 1220. The summed E-state index contributed by atoms with van der Waals surface area (Å²) >= 11 is 0. The molecular weight excluding hydrogens is 408 g/mol. The standard InChI is InChI=1S/C20H22N4O5S/c1-12-10-29-6-5-24(12)18-9-15(11-30(2,27)28)21-19(23-18)13-3-4-16-14(7-13)8-17(22-16)20(25)26/h3-4,7-9,12,22H,5-6,10-11H2,1-2H3,(H,25,26)/t12-/m0/s1. The van der Waals surface area contributed by atoms with Gasteiger partial charge in [0.1, 0.15) is 11.5 Å². The average Bonchev–Trinajstić information content (AvgIpc) is 3.10. The van der Waals surface area contributed by atoms with Gasteiger partial charge in [-0.15, -0.1) is 0 Å². The number of morpholine rings is 1. The number of sulfone groups is 1. The van der Waals surface area contributed by atoms with Crippen LogP contribution in [0, 0.1) is 0 Å². The number of H-pyrrole nitrogens is 1. The number of anilines is 1. The molecule has 0 spiro atoms. The zero-order valence-electron chi connectivity index (χ0n) is 16.6. The largest absolute Gasteiger partial charge is 0.477 e. The normalized spacial score (nSPS) is 17.4. The third-order valence-electron chi connectivity index (χ3n) is 4.95. The van der Waals surface area contributed by atoms with E-state index in [2.05, 4.69) is 14.9 Å². The Kier molecular flexibility index (Phi) is 5.20. The minimum Gasteiger partial charge on any atom is -0.477 e. The van der Waals surface area contributed by atoms with Crippen LogP contribution in [0.4, 0.5) is 5.82 Å². The van der Waals surface area contributed by atoms with E-state index in [9.17, 15) is 18.3 Å². The van der Waals surface area contributed by atoms with Crippen LogP contribution in [-0.2, 0) is 20.3 Å². The van der Waals surface area contributed by atoms with Crippen LogP contribution in [0.25, 0.3) is 22.3 Å². The number of carboxylic acid groups (broad SMARTS) is 1. The first-order valence-electron chi connectivity index (χ1n) is 9.46. The van der Waals surface area contributed by atoms with Crippen molar-refractivity contribution in [2.45, 2.75) is 18.7 Å². The molecule has 1 saturated heterocycles. The average molecular weight is 430 g/mol. The molecule has 0 bridgehead atoms. The van der Waals surface area contributed by atoms with Crippen molar-refractivity contribution < 1.29 is 23.1 Å². The van der Waals surface area contributed by atoms with Gasteiger partial charge in [-0.1, -0.05) is 0 Å². The van der Waals surface area contributed by atoms with E-state index in [1.54, 1.807) is 30.3 Å². The first-order chi connectivity index (χ1) is 14.2. The smallest absolute Gasteiger partial charge is 0.352 e. The van der Waals surface area contributed by atoms with E-state index in [-0.39, 0.29) is 17.5 Å². The highest BCUT2D eigenvalue weighted by Crippen LogP contribution is 2.27. The van der Waals surface area contributed by atoms with Crippen LogP contribution >= 0.6 is 0 Å². The van der Waals surface area contributed by atoms with E-state index in [1.807, 2.05) is 6.92 Å². The second-order valence-corrected chi connectivity index (χ2v) is 9.66. The molecule has 2 aromatic heterocycles. The summed E-state index contributed by atoms with van der Waals surface area (Å²) in [4.78, 5) is 25.3. The van der Waals surface area contributed by atoms with Crippen LogP contribution in [-0.4, -0.2) is 66.5 Å². The number of hydrogen-bond donors (Lipinski definition) is 2. The number of fused-ring (bicyclic) bond motifs is 1. The maximum absolute atomic E-state index is 11.9. The lowest BCUT2D eigenvalue weighted by Gasteiger charge is -2.34. The van der Waals surface area contributed by atoms with Crippen molar-refractivity contribution >= 4 is 32.5 Å². The van der Waals surface area contributed by atoms with Crippen LogP contribution in [0.2, 0.25) is 0 Å². The molecule has 9 nitrogen and oxygen atoms in total. The summed E-state index contributed by atoms with van der Waals surface area (Å²) in [6, 6.07) is 8.70. The fourth-order valence-corrected chi connectivity index (χ4v) is 4.24. The summed E-state index contributed by atoms with van der Waals surface area (Å²) in [5, 5.41) is 9.91. The van der Waals surface area contributed by atoms with Crippen LogP contribution in [0.5, 0.6) is 0 Å². The molecule has 10 heteroatoms. The monoisotopic (exact) mass is 430 g/mol. The number of benzene rings is 1. The van der Waals surface area contributed by atoms with Crippen molar-refractivity contribution in [3.05, 3.63) is 41.7 Å². The minimum absolute atomic E-state index is 0.0942. The van der Waals surface area contributed by atoms with Gasteiger partial charge in [0.05, 0.1) is 30.7 Å². The second kappa shape index (κ2) is 7.69. The Balaban J connectivity index is 1.81. The van der Waals surface area contributed by atoms with Crippen LogP contribution in [0.3, 0.4) is 0 Å². The van der Waals surface area contributed by atoms with E-state index < -0.39 is 15.8 Å². The predicted molar refractivity (Wildman–Crippen MR) is 112 cm³/mol. The summed E-state index contributed by atoms with van der Waals surface area (Å²) in [6.07, 6.45) is 1.17. The highest BCUT2D eigenvalue weighted by atomic mass is 32.2. The molecule has 0 amide bonds. The maximum Gasteiger partial charge on any atom is 0.352 e. The summed E-state index contributed by atoms with van der Waals surface area (Å²) in [6.45, 7) is 3.80. The van der Waals surface area contributed by atoms with Gasteiger partial charge in [0.15, 0.2) is 15.7 Å². The fourth-order valence-electron chi connectivity index (χ4n) is 3.56. The molecule has 1 aliphatic rings. The minimum atomic E-state index is -3.28. The molecule has 1 fully saturated rings. The fraction of sp³-hybridized carbons (Fsp3) is 0.350. The molecule has 158 valence electrons. The van der Waals surface area contributed by atoms with E-state index >= 15 is 0 Å². The van der Waals surface area contributed by atoms with Gasteiger partial charge in [0, 0.05) is 35.3 Å². The number of rotatable bonds is 5. The van der Waals surface area contributed by atoms with E-state index in [0.29, 0.717) is 53.6 Å². The van der Waals surface area contributed by atoms with Crippen molar-refractivity contribution in [1.29, 1.82) is 0 Å². The molecule has 3 heterocycles. The molecule has 0 aliphatic carbocycles. The highest BCUT2D eigenvalue weighted by Gasteiger charge is 2.22. The molecule has 0 saturated carbocycles. The zero-order chi connectivity index (χ0) is 21.5. The quantitative estimate of drug-likeness (QED) is 0.630. The molecule has 0 radical (unpaired) electrons. The number of hydrogen-bond acceptors (Lipinski definition) is 7. The predicted octanol–water partition coefficient (Wildman–Crippen LogP) is 2.09. The third-order valence-corrected chi connectivity index (χ3v) is 5.77. The number of aromatic carboxylic acids is 1. The molecule has 1 aromatic carbocycles. The van der Waals surface area contributed by atoms with Crippen LogP contribution < -0.4 is 4.90 Å². The maximum atomic E-state index is 11.9. The molecular formula is C20H22N4O5S. The lowest BCUT2D eigenvalue weighted by atomic mass is 10.1. The Hall–Kier alpha value is -2.98. The summed E-state index contributed by atoms with van der Waals surface area (Å²) in [5.41, 5.74) is 1.87. The van der Waals surface area contributed by atoms with Gasteiger partial charge < -0.3 is 19.7 Å². The van der Waals surface area contributed by atoms with Crippen molar-refractivity contribution in [2.24, 2.45) is 0 Å². The number of aromatic nitrogens is 3. The van der Waals surface area contributed by atoms with Gasteiger partial charge in [-0.05, 0) is 31.2 Å². The highest BCUT2D eigenvalue weighted by molar-refractivity contribution is 7.89. The van der Waals surface area contributed by atoms with Crippen molar-refractivity contribution in [3.63, 3.8) is 0 Å². The SMILES string of the molecule is C[C@H]1COCCN1c1cc(CS(C)(=O)=O)nc(-c2ccc3[nH]c(C(=O)O)cc3c2)n1. The Labute approximate surface area is 173 Å². The van der Waals surface area contributed by atoms with Crippen molar-refractivity contribution in [3.8, 4) is 11.4 Å². The molecule has 1 aliphatic heterocycles. The Morgan fingerprint density at radius 3 is 2.80 bits per heavy atom. The first-order valence-corrected chi connectivity index (χ1v) is 11.5. The topological polar surface area (TPSA) is 125 Å².